The zero-order valence-electron chi connectivity index (χ0n) is 15.5. The first-order chi connectivity index (χ1) is 13.2. The van der Waals surface area contributed by atoms with Crippen LogP contribution in [0.25, 0.3) is 16.8 Å². The van der Waals surface area contributed by atoms with E-state index in [1.807, 2.05) is 6.07 Å². The molecule has 4 aromatic rings. The Kier molecular flexibility index (Phi) is 5.07. The normalized spacial score (nSPS) is 10.9. The first-order valence-electron chi connectivity index (χ1n) is 8.95. The van der Waals surface area contributed by atoms with Crippen LogP contribution in [0.15, 0.2) is 84.3 Å². The third kappa shape index (κ3) is 3.96. The molecule has 0 radical (unpaired) electrons. The fourth-order valence-corrected chi connectivity index (χ4v) is 4.01. The summed E-state index contributed by atoms with van der Waals surface area (Å²) in [6.45, 7) is 4.23. The average Bonchev–Trinajstić information content (AvgIpc) is 3.16. The molecule has 4 heteroatoms. The molecular weight excluding hydrogens is 350 g/mol. The maximum atomic E-state index is 4.31. The summed E-state index contributed by atoms with van der Waals surface area (Å²) in [6.07, 6.45) is 1.79. The van der Waals surface area contributed by atoms with Crippen LogP contribution in [0.3, 0.4) is 0 Å². The zero-order valence-corrected chi connectivity index (χ0v) is 16.3. The molecule has 0 spiro atoms. The average molecular weight is 372 g/mol. The van der Waals surface area contributed by atoms with E-state index in [0.717, 1.165) is 16.6 Å². The maximum Gasteiger partial charge on any atom is 0.195 e. The lowest BCUT2D eigenvalue weighted by Gasteiger charge is -2.10. The summed E-state index contributed by atoms with van der Waals surface area (Å²) in [7, 11) is 0. The van der Waals surface area contributed by atoms with Crippen LogP contribution in [0.1, 0.15) is 16.7 Å². The summed E-state index contributed by atoms with van der Waals surface area (Å²) in [4.78, 5) is 0. The Morgan fingerprint density at radius 2 is 1.59 bits per heavy atom. The van der Waals surface area contributed by atoms with Gasteiger partial charge in [-0.15, -0.1) is 10.2 Å². The van der Waals surface area contributed by atoms with Crippen LogP contribution in [0, 0.1) is 13.8 Å². The molecule has 0 saturated heterocycles. The molecule has 134 valence electrons. The van der Waals surface area contributed by atoms with E-state index in [-0.39, 0.29) is 0 Å². The van der Waals surface area contributed by atoms with Gasteiger partial charge in [0.1, 0.15) is 6.33 Å². The summed E-state index contributed by atoms with van der Waals surface area (Å²) < 4.78 is 2.07. The molecule has 0 aliphatic heterocycles. The minimum absolute atomic E-state index is 0.860. The summed E-state index contributed by atoms with van der Waals surface area (Å²) in [5.41, 5.74) is 7.37. The van der Waals surface area contributed by atoms with E-state index in [1.165, 1.54) is 27.8 Å². The Balaban J connectivity index is 1.49. The van der Waals surface area contributed by atoms with Gasteiger partial charge in [0.15, 0.2) is 5.16 Å². The van der Waals surface area contributed by atoms with Crippen molar-refractivity contribution in [2.24, 2.45) is 0 Å². The topological polar surface area (TPSA) is 30.7 Å². The second-order valence-corrected chi connectivity index (χ2v) is 7.57. The van der Waals surface area contributed by atoms with Crippen molar-refractivity contribution in [3.8, 4) is 16.8 Å². The van der Waals surface area contributed by atoms with E-state index >= 15 is 0 Å². The van der Waals surface area contributed by atoms with Gasteiger partial charge >= 0.3 is 0 Å². The first kappa shape index (κ1) is 17.6. The third-order valence-electron chi connectivity index (χ3n) is 4.56. The monoisotopic (exact) mass is 371 g/mol. The second-order valence-electron chi connectivity index (χ2n) is 6.63. The van der Waals surface area contributed by atoms with Crippen molar-refractivity contribution in [1.29, 1.82) is 0 Å². The van der Waals surface area contributed by atoms with Gasteiger partial charge in [0.25, 0.3) is 0 Å². The van der Waals surface area contributed by atoms with Gasteiger partial charge in [-0.1, -0.05) is 84.1 Å². The summed E-state index contributed by atoms with van der Waals surface area (Å²) >= 11 is 1.71. The predicted octanol–water partition coefficient (Wildman–Crippen LogP) is 5.84. The Morgan fingerprint density at radius 1 is 0.852 bits per heavy atom. The molecule has 3 aromatic carbocycles. The molecule has 0 bridgehead atoms. The molecule has 0 N–H and O–H groups in total. The maximum absolute atomic E-state index is 4.31. The lowest BCUT2D eigenvalue weighted by Crippen LogP contribution is -1.98. The summed E-state index contributed by atoms with van der Waals surface area (Å²) in [5, 5.41) is 9.34. The van der Waals surface area contributed by atoms with Crippen LogP contribution in [0.4, 0.5) is 0 Å². The number of benzene rings is 3. The van der Waals surface area contributed by atoms with Crippen molar-refractivity contribution < 1.29 is 0 Å². The van der Waals surface area contributed by atoms with Crippen molar-refractivity contribution in [3.05, 3.63) is 95.8 Å². The molecule has 0 saturated carbocycles. The molecule has 27 heavy (non-hydrogen) atoms. The minimum Gasteiger partial charge on any atom is -0.276 e. The van der Waals surface area contributed by atoms with Gasteiger partial charge < -0.3 is 0 Å². The van der Waals surface area contributed by atoms with E-state index in [2.05, 4.69) is 95.3 Å². The lowest BCUT2D eigenvalue weighted by molar-refractivity contribution is 0.877. The molecule has 0 aliphatic rings. The second kappa shape index (κ2) is 7.80. The van der Waals surface area contributed by atoms with Crippen LogP contribution in [-0.4, -0.2) is 14.8 Å². The van der Waals surface area contributed by atoms with Crippen LogP contribution in [-0.2, 0) is 5.75 Å². The predicted molar refractivity (Wildman–Crippen MR) is 112 cm³/mol. The van der Waals surface area contributed by atoms with E-state index in [4.69, 9.17) is 0 Å². The van der Waals surface area contributed by atoms with Gasteiger partial charge in [0.2, 0.25) is 0 Å². The van der Waals surface area contributed by atoms with Gasteiger partial charge in [-0.3, -0.25) is 4.57 Å². The van der Waals surface area contributed by atoms with Gasteiger partial charge in [-0.2, -0.15) is 0 Å². The highest BCUT2D eigenvalue weighted by atomic mass is 32.2. The van der Waals surface area contributed by atoms with Crippen LogP contribution in [0.2, 0.25) is 0 Å². The molecule has 1 aromatic heterocycles. The fraction of sp³-hybridized carbons (Fsp3) is 0.130. The third-order valence-corrected chi connectivity index (χ3v) is 5.57. The van der Waals surface area contributed by atoms with Crippen molar-refractivity contribution in [2.75, 3.05) is 0 Å². The highest BCUT2D eigenvalue weighted by molar-refractivity contribution is 7.98. The molecule has 0 amide bonds. The highest BCUT2D eigenvalue weighted by Gasteiger charge is 2.10. The van der Waals surface area contributed by atoms with Crippen molar-refractivity contribution in [2.45, 2.75) is 24.8 Å². The van der Waals surface area contributed by atoms with Crippen molar-refractivity contribution >= 4 is 11.8 Å². The Bertz CT molecular complexity index is 1040. The highest BCUT2D eigenvalue weighted by Crippen LogP contribution is 2.26. The molecule has 0 aliphatic carbocycles. The lowest BCUT2D eigenvalue weighted by atomic mass is 10.0. The largest absolute Gasteiger partial charge is 0.276 e. The molecule has 0 unspecified atom stereocenters. The number of aryl methyl sites for hydroxylation is 2. The van der Waals surface area contributed by atoms with Crippen molar-refractivity contribution in [3.63, 3.8) is 0 Å². The Hall–Kier alpha value is -2.85. The van der Waals surface area contributed by atoms with Gasteiger partial charge in [0, 0.05) is 5.75 Å². The zero-order chi connectivity index (χ0) is 18.6. The van der Waals surface area contributed by atoms with E-state index < -0.39 is 0 Å². The van der Waals surface area contributed by atoms with E-state index in [0.29, 0.717) is 0 Å². The van der Waals surface area contributed by atoms with Gasteiger partial charge in [-0.05, 0) is 42.2 Å². The standard InChI is InChI=1S/C23H21N3S/c1-17-8-13-22(18(2)14-17)26-16-24-25-23(26)27-15-19-9-11-21(12-10-19)20-6-4-3-5-7-20/h3-14,16H,15H2,1-2H3. The molecule has 3 nitrogen and oxygen atoms in total. The van der Waals surface area contributed by atoms with Crippen LogP contribution < -0.4 is 0 Å². The fourth-order valence-electron chi connectivity index (χ4n) is 3.14. The van der Waals surface area contributed by atoms with E-state index in [1.54, 1.807) is 18.1 Å². The molecule has 1 heterocycles. The smallest absolute Gasteiger partial charge is 0.195 e. The SMILES string of the molecule is Cc1ccc(-n2cnnc2SCc2ccc(-c3ccccc3)cc2)c(C)c1. The molecule has 0 fully saturated rings. The molecule has 4 rings (SSSR count). The van der Waals surface area contributed by atoms with Gasteiger partial charge in [0.05, 0.1) is 5.69 Å². The number of hydrogen-bond acceptors (Lipinski definition) is 3. The molecule has 0 atom stereocenters. The summed E-state index contributed by atoms with van der Waals surface area (Å²) in [5.74, 6) is 0.860. The number of rotatable bonds is 5. The number of thioether (sulfide) groups is 1. The van der Waals surface area contributed by atoms with Crippen molar-refractivity contribution in [1.82, 2.24) is 14.8 Å². The van der Waals surface area contributed by atoms with Gasteiger partial charge in [-0.25, -0.2) is 0 Å². The number of nitrogens with zero attached hydrogens (tertiary/aromatic N) is 3. The Labute approximate surface area is 164 Å². The Morgan fingerprint density at radius 3 is 2.33 bits per heavy atom. The minimum atomic E-state index is 0.860. The quantitative estimate of drug-likeness (QED) is 0.413. The van der Waals surface area contributed by atoms with Crippen LogP contribution >= 0.6 is 11.8 Å². The molecular formula is C23H21N3S. The van der Waals surface area contributed by atoms with E-state index in [9.17, 15) is 0 Å². The van der Waals surface area contributed by atoms with Crippen LogP contribution in [0.5, 0.6) is 0 Å². The number of hydrogen-bond donors (Lipinski definition) is 0. The summed E-state index contributed by atoms with van der Waals surface area (Å²) in [6, 6.07) is 25.6. The first-order valence-corrected chi connectivity index (χ1v) is 9.94. The number of aromatic nitrogens is 3.